The first-order valence-electron chi connectivity index (χ1n) is 9.57. The molecule has 0 bridgehead atoms. The third kappa shape index (κ3) is 4.26. The van der Waals surface area contributed by atoms with Gasteiger partial charge in [-0.1, -0.05) is 11.3 Å². The first kappa shape index (κ1) is 20.2. The molecule has 1 saturated heterocycles. The van der Waals surface area contributed by atoms with Crippen LogP contribution in [0, 0.1) is 5.82 Å². The molecule has 2 N–H and O–H groups in total. The second-order valence-electron chi connectivity index (χ2n) is 6.97. The summed E-state index contributed by atoms with van der Waals surface area (Å²) < 4.78 is 41.6. The molecule has 1 fully saturated rings. The maximum Gasteiger partial charge on any atom is 0.319 e. The van der Waals surface area contributed by atoms with Gasteiger partial charge in [0.2, 0.25) is 10.0 Å². The van der Waals surface area contributed by atoms with E-state index in [4.69, 9.17) is 0 Å². The number of carbonyl (C=O) groups is 1. The van der Waals surface area contributed by atoms with Gasteiger partial charge >= 0.3 is 6.03 Å². The Hall–Kier alpha value is -3.05. The van der Waals surface area contributed by atoms with Crippen molar-refractivity contribution in [1.29, 1.82) is 0 Å². The first-order chi connectivity index (χ1) is 14.4. The number of benzene rings is 2. The number of nitrogens with one attached hydrogen (secondary N) is 2. The number of aromatic nitrogens is 3. The van der Waals surface area contributed by atoms with E-state index in [1.165, 1.54) is 28.6 Å². The van der Waals surface area contributed by atoms with E-state index in [2.05, 4.69) is 20.9 Å². The third-order valence-corrected chi connectivity index (χ3v) is 6.77. The van der Waals surface area contributed by atoms with Gasteiger partial charge in [0.15, 0.2) is 0 Å². The number of amides is 2. The molecule has 158 valence electrons. The molecule has 2 amide bonds. The number of fused-ring (bicyclic) bond motifs is 1. The summed E-state index contributed by atoms with van der Waals surface area (Å²) in [6.45, 7) is 1.67. The second-order valence-corrected chi connectivity index (χ2v) is 8.90. The molecule has 1 aromatic heterocycles. The van der Waals surface area contributed by atoms with E-state index >= 15 is 0 Å². The summed E-state index contributed by atoms with van der Waals surface area (Å²) >= 11 is 0. The van der Waals surface area contributed by atoms with Gasteiger partial charge in [-0.25, -0.2) is 22.3 Å². The van der Waals surface area contributed by atoms with Crippen LogP contribution in [0.2, 0.25) is 0 Å². The van der Waals surface area contributed by atoms with Crippen molar-refractivity contribution in [3.8, 4) is 0 Å². The van der Waals surface area contributed by atoms with E-state index in [-0.39, 0.29) is 11.4 Å². The number of hydrogen-bond donors (Lipinski definition) is 2. The Morgan fingerprint density at radius 2 is 1.93 bits per heavy atom. The van der Waals surface area contributed by atoms with Gasteiger partial charge in [-0.05, 0) is 49.2 Å². The molecule has 4 rings (SSSR count). The fourth-order valence-corrected chi connectivity index (χ4v) is 4.91. The van der Waals surface area contributed by atoms with Crippen LogP contribution in [0.15, 0.2) is 47.4 Å². The van der Waals surface area contributed by atoms with Gasteiger partial charge < -0.3 is 10.6 Å². The zero-order chi connectivity index (χ0) is 21.1. The van der Waals surface area contributed by atoms with Crippen molar-refractivity contribution in [2.75, 3.05) is 25.0 Å². The Morgan fingerprint density at radius 1 is 1.13 bits per heavy atom. The molecule has 1 aliphatic rings. The van der Waals surface area contributed by atoms with Crippen LogP contribution in [0.1, 0.15) is 12.8 Å². The molecule has 2 aromatic carbocycles. The summed E-state index contributed by atoms with van der Waals surface area (Å²) in [7, 11) is -3.52. The number of halogens is 1. The van der Waals surface area contributed by atoms with Crippen LogP contribution in [0.4, 0.5) is 14.9 Å². The highest BCUT2D eigenvalue weighted by Gasteiger charge is 2.27. The molecule has 9 nitrogen and oxygen atoms in total. The minimum atomic E-state index is -3.52. The van der Waals surface area contributed by atoms with Crippen LogP contribution in [0.3, 0.4) is 0 Å². The van der Waals surface area contributed by atoms with E-state index in [1.54, 1.807) is 22.9 Å². The van der Waals surface area contributed by atoms with Crippen LogP contribution in [0.25, 0.3) is 11.0 Å². The van der Waals surface area contributed by atoms with E-state index < -0.39 is 21.9 Å². The summed E-state index contributed by atoms with van der Waals surface area (Å²) in [5.74, 6) is -0.437. The molecule has 3 aromatic rings. The van der Waals surface area contributed by atoms with Crippen molar-refractivity contribution in [2.24, 2.45) is 0 Å². The lowest BCUT2D eigenvalue weighted by Gasteiger charge is -2.15. The lowest BCUT2D eigenvalue weighted by molar-refractivity contribution is 0.251. The Morgan fingerprint density at radius 3 is 2.70 bits per heavy atom. The average Bonchev–Trinajstić information content (AvgIpc) is 3.38. The Kier molecular flexibility index (Phi) is 5.64. The number of nitrogens with zero attached hydrogens (tertiary/aromatic N) is 4. The van der Waals surface area contributed by atoms with Crippen molar-refractivity contribution < 1.29 is 17.6 Å². The molecule has 2 heterocycles. The molecule has 1 aliphatic heterocycles. The normalized spacial score (nSPS) is 14.8. The number of rotatable bonds is 6. The zero-order valence-corrected chi connectivity index (χ0v) is 16.9. The summed E-state index contributed by atoms with van der Waals surface area (Å²) in [5.41, 5.74) is 1.49. The minimum Gasteiger partial charge on any atom is -0.336 e. The molecule has 0 radical (unpaired) electrons. The van der Waals surface area contributed by atoms with Crippen molar-refractivity contribution in [3.05, 3.63) is 48.3 Å². The molecule has 30 heavy (non-hydrogen) atoms. The molecule has 0 unspecified atom stereocenters. The fraction of sp³-hybridized carbons (Fsp3) is 0.316. The molecular weight excluding hydrogens is 411 g/mol. The van der Waals surface area contributed by atoms with E-state index in [0.29, 0.717) is 36.4 Å². The molecule has 0 atom stereocenters. The lowest BCUT2D eigenvalue weighted by Crippen LogP contribution is -2.31. The predicted molar refractivity (Wildman–Crippen MR) is 109 cm³/mol. The zero-order valence-electron chi connectivity index (χ0n) is 16.1. The summed E-state index contributed by atoms with van der Waals surface area (Å²) in [6, 6.07) is 9.89. The largest absolute Gasteiger partial charge is 0.336 e. The summed E-state index contributed by atoms with van der Waals surface area (Å²) in [5, 5.41) is 13.3. The summed E-state index contributed by atoms with van der Waals surface area (Å²) in [4.78, 5) is 12.1. The lowest BCUT2D eigenvalue weighted by atomic mass is 10.3. The van der Waals surface area contributed by atoms with Crippen molar-refractivity contribution in [2.45, 2.75) is 24.3 Å². The number of hydrogen-bond acceptors (Lipinski definition) is 5. The number of carbonyl (C=O) groups excluding carboxylic acids is 1. The Bertz CT molecular complexity index is 1170. The maximum absolute atomic E-state index is 13.2. The van der Waals surface area contributed by atoms with Gasteiger partial charge in [0.1, 0.15) is 11.3 Å². The van der Waals surface area contributed by atoms with Crippen molar-refractivity contribution in [1.82, 2.24) is 24.6 Å². The number of anilines is 1. The van der Waals surface area contributed by atoms with Gasteiger partial charge in [0.05, 0.1) is 17.0 Å². The van der Waals surface area contributed by atoms with Crippen LogP contribution in [-0.4, -0.2) is 53.4 Å². The molecular formula is C19H21FN6O3S. The fourth-order valence-electron chi connectivity index (χ4n) is 3.37. The highest BCUT2D eigenvalue weighted by molar-refractivity contribution is 7.89. The minimum absolute atomic E-state index is 0.205. The van der Waals surface area contributed by atoms with E-state index in [0.717, 1.165) is 12.8 Å². The van der Waals surface area contributed by atoms with Crippen molar-refractivity contribution in [3.63, 3.8) is 0 Å². The topological polar surface area (TPSA) is 109 Å². The van der Waals surface area contributed by atoms with Gasteiger partial charge in [-0.3, -0.25) is 0 Å². The Balaban J connectivity index is 1.38. The average molecular weight is 432 g/mol. The van der Waals surface area contributed by atoms with Gasteiger partial charge in [-0.15, -0.1) is 5.10 Å². The van der Waals surface area contributed by atoms with Gasteiger partial charge in [0, 0.05) is 25.3 Å². The van der Waals surface area contributed by atoms with Crippen LogP contribution < -0.4 is 10.6 Å². The van der Waals surface area contributed by atoms with E-state index in [9.17, 15) is 17.6 Å². The highest BCUT2D eigenvalue weighted by Crippen LogP contribution is 2.23. The molecule has 11 heteroatoms. The first-order valence-corrected chi connectivity index (χ1v) is 11.0. The SMILES string of the molecule is O=C(NCCn1nnc2cc(S(=O)(=O)N3CCCC3)ccc21)Nc1cccc(F)c1. The van der Waals surface area contributed by atoms with Gasteiger partial charge in [0.25, 0.3) is 0 Å². The smallest absolute Gasteiger partial charge is 0.319 e. The van der Waals surface area contributed by atoms with E-state index in [1.807, 2.05) is 0 Å². The van der Waals surface area contributed by atoms with Crippen molar-refractivity contribution >= 4 is 32.8 Å². The predicted octanol–water partition coefficient (Wildman–Crippen LogP) is 2.18. The highest BCUT2D eigenvalue weighted by atomic mass is 32.2. The van der Waals surface area contributed by atoms with Crippen LogP contribution >= 0.6 is 0 Å². The molecule has 0 spiro atoms. The number of sulfonamides is 1. The Labute approximate surface area is 172 Å². The monoisotopic (exact) mass is 432 g/mol. The van der Waals surface area contributed by atoms with Crippen LogP contribution in [-0.2, 0) is 16.6 Å². The standard InChI is InChI=1S/C19H21FN6O3S/c20-14-4-3-5-15(12-14)22-19(27)21-8-11-26-18-7-6-16(13-17(18)23-24-26)30(28,29)25-9-1-2-10-25/h3-7,12-13H,1-2,8-11H2,(H2,21,22,27). The third-order valence-electron chi connectivity index (χ3n) is 4.88. The maximum atomic E-state index is 13.2. The summed E-state index contributed by atoms with van der Waals surface area (Å²) in [6.07, 6.45) is 1.74. The molecule has 0 saturated carbocycles. The number of urea groups is 1. The van der Waals surface area contributed by atoms with Crippen LogP contribution in [0.5, 0.6) is 0 Å². The van der Waals surface area contributed by atoms with Gasteiger partial charge in [-0.2, -0.15) is 4.31 Å². The quantitative estimate of drug-likeness (QED) is 0.621. The molecule has 0 aliphatic carbocycles. The second kappa shape index (κ2) is 8.36.